The lowest BCUT2D eigenvalue weighted by atomic mass is 10.1. The van der Waals surface area contributed by atoms with E-state index >= 15 is 0 Å². The van der Waals surface area contributed by atoms with Crippen molar-refractivity contribution in [2.24, 2.45) is 0 Å². The van der Waals surface area contributed by atoms with Crippen LogP contribution in [0.3, 0.4) is 0 Å². The SMILES string of the molecule is CNS(=O)(=O)c1cccc(C(=O)Nc2cccc(C(=O)Nc3cccc(C(F)(F)F)c3)c2)c1. The highest BCUT2D eigenvalue weighted by atomic mass is 32.2. The van der Waals surface area contributed by atoms with Crippen LogP contribution in [0, 0.1) is 0 Å². The number of benzene rings is 3. The molecule has 0 bridgehead atoms. The minimum atomic E-state index is -4.55. The molecule has 3 N–H and O–H groups in total. The van der Waals surface area contributed by atoms with Crippen molar-refractivity contribution in [2.45, 2.75) is 11.1 Å². The molecular weight excluding hydrogens is 459 g/mol. The smallest absolute Gasteiger partial charge is 0.322 e. The monoisotopic (exact) mass is 477 g/mol. The number of anilines is 2. The molecule has 0 atom stereocenters. The minimum absolute atomic E-state index is 0.0354. The highest BCUT2D eigenvalue weighted by Gasteiger charge is 2.30. The van der Waals surface area contributed by atoms with Gasteiger partial charge in [0.05, 0.1) is 10.5 Å². The molecule has 11 heteroatoms. The number of amides is 2. The molecule has 0 saturated carbocycles. The van der Waals surface area contributed by atoms with Gasteiger partial charge in [-0.3, -0.25) is 9.59 Å². The number of rotatable bonds is 6. The Balaban J connectivity index is 1.76. The highest BCUT2D eigenvalue weighted by Crippen LogP contribution is 2.30. The Morgan fingerprint density at radius 2 is 1.27 bits per heavy atom. The van der Waals surface area contributed by atoms with Crippen molar-refractivity contribution in [1.82, 2.24) is 4.72 Å². The molecule has 0 aliphatic heterocycles. The Morgan fingerprint density at radius 1 is 0.758 bits per heavy atom. The summed E-state index contributed by atoms with van der Waals surface area (Å²) in [5.41, 5.74) is -0.531. The Hall–Kier alpha value is -3.70. The highest BCUT2D eigenvalue weighted by molar-refractivity contribution is 7.89. The second-order valence-electron chi connectivity index (χ2n) is 6.80. The van der Waals surface area contributed by atoms with Gasteiger partial charge in [0.2, 0.25) is 10.0 Å². The largest absolute Gasteiger partial charge is 0.416 e. The summed E-state index contributed by atoms with van der Waals surface area (Å²) < 4.78 is 64.6. The molecule has 3 aromatic rings. The van der Waals surface area contributed by atoms with Crippen LogP contribution >= 0.6 is 0 Å². The molecule has 0 spiro atoms. The molecule has 0 radical (unpaired) electrons. The van der Waals surface area contributed by atoms with Gasteiger partial charge in [0.1, 0.15) is 0 Å². The predicted molar refractivity (Wildman–Crippen MR) is 116 cm³/mol. The van der Waals surface area contributed by atoms with Crippen LogP contribution in [0.15, 0.2) is 77.7 Å². The van der Waals surface area contributed by atoms with Gasteiger partial charge in [0.15, 0.2) is 0 Å². The van der Waals surface area contributed by atoms with Crippen molar-refractivity contribution in [3.63, 3.8) is 0 Å². The van der Waals surface area contributed by atoms with Crippen LogP contribution in [0.5, 0.6) is 0 Å². The molecule has 7 nitrogen and oxygen atoms in total. The zero-order valence-corrected chi connectivity index (χ0v) is 17.9. The van der Waals surface area contributed by atoms with Crippen molar-refractivity contribution in [1.29, 1.82) is 0 Å². The van der Waals surface area contributed by atoms with E-state index in [9.17, 15) is 31.2 Å². The van der Waals surface area contributed by atoms with Gasteiger partial charge in [-0.2, -0.15) is 13.2 Å². The van der Waals surface area contributed by atoms with Crippen LogP contribution < -0.4 is 15.4 Å². The Labute approximate surface area is 187 Å². The van der Waals surface area contributed by atoms with Gasteiger partial charge in [-0.1, -0.05) is 18.2 Å². The summed E-state index contributed by atoms with van der Waals surface area (Å²) >= 11 is 0. The number of nitrogens with one attached hydrogen (secondary N) is 3. The van der Waals surface area contributed by atoms with Gasteiger partial charge >= 0.3 is 6.18 Å². The first-order valence-corrected chi connectivity index (χ1v) is 10.9. The third kappa shape index (κ3) is 5.96. The van der Waals surface area contributed by atoms with Gasteiger partial charge in [-0.15, -0.1) is 0 Å². The molecule has 3 aromatic carbocycles. The fourth-order valence-electron chi connectivity index (χ4n) is 2.84. The first-order chi connectivity index (χ1) is 15.5. The maximum Gasteiger partial charge on any atom is 0.416 e. The van der Waals surface area contributed by atoms with Crippen molar-refractivity contribution in [2.75, 3.05) is 17.7 Å². The summed E-state index contributed by atoms with van der Waals surface area (Å²) in [5.74, 6) is -1.29. The molecule has 0 heterocycles. The second-order valence-corrected chi connectivity index (χ2v) is 8.69. The topological polar surface area (TPSA) is 104 Å². The van der Waals surface area contributed by atoms with Gasteiger partial charge in [0.25, 0.3) is 11.8 Å². The Kier molecular flexibility index (Phi) is 6.84. The van der Waals surface area contributed by atoms with Gasteiger partial charge < -0.3 is 10.6 Å². The number of hydrogen-bond acceptors (Lipinski definition) is 4. The number of halogens is 3. The molecule has 172 valence electrons. The second kappa shape index (κ2) is 9.43. The predicted octanol–water partition coefficient (Wildman–Crippen LogP) is 4.12. The normalized spacial score (nSPS) is 11.6. The van der Waals surface area contributed by atoms with E-state index in [2.05, 4.69) is 15.4 Å². The molecule has 0 aliphatic rings. The summed E-state index contributed by atoms with van der Waals surface area (Å²) in [7, 11) is -2.49. The van der Waals surface area contributed by atoms with Crippen LogP contribution in [-0.4, -0.2) is 27.3 Å². The van der Waals surface area contributed by atoms with E-state index in [0.717, 1.165) is 12.1 Å². The van der Waals surface area contributed by atoms with Crippen LogP contribution in [-0.2, 0) is 16.2 Å². The van der Waals surface area contributed by atoms with Crippen molar-refractivity contribution < 1.29 is 31.2 Å². The Morgan fingerprint density at radius 3 is 1.85 bits per heavy atom. The van der Waals surface area contributed by atoms with E-state index in [1.807, 2.05) is 0 Å². The molecule has 2 amide bonds. The third-order valence-corrected chi connectivity index (χ3v) is 5.92. The molecule has 3 rings (SSSR count). The molecule has 0 unspecified atom stereocenters. The molecule has 0 saturated heterocycles. The molecule has 0 fully saturated rings. The summed E-state index contributed by atoms with van der Waals surface area (Å²) in [6, 6.07) is 15.3. The van der Waals surface area contributed by atoms with E-state index < -0.39 is 33.6 Å². The average molecular weight is 477 g/mol. The molecule has 0 aliphatic carbocycles. The number of carbonyl (C=O) groups excluding carboxylic acids is 2. The minimum Gasteiger partial charge on any atom is -0.322 e. The lowest BCUT2D eigenvalue weighted by Crippen LogP contribution is -2.19. The summed E-state index contributed by atoms with van der Waals surface area (Å²) in [6.07, 6.45) is -4.55. The number of alkyl halides is 3. The number of hydrogen-bond donors (Lipinski definition) is 3. The van der Waals surface area contributed by atoms with Gasteiger partial charge in [-0.05, 0) is 61.6 Å². The quantitative estimate of drug-likeness (QED) is 0.497. The number of carbonyl (C=O) groups is 2. The summed E-state index contributed by atoms with van der Waals surface area (Å²) in [4.78, 5) is 25.0. The fraction of sp³-hybridized carbons (Fsp3) is 0.0909. The van der Waals surface area contributed by atoms with Crippen LogP contribution in [0.2, 0.25) is 0 Å². The molecule has 0 aromatic heterocycles. The van der Waals surface area contributed by atoms with E-state index in [4.69, 9.17) is 0 Å². The first-order valence-electron chi connectivity index (χ1n) is 9.43. The first kappa shape index (κ1) is 24.0. The van der Waals surface area contributed by atoms with E-state index in [1.165, 1.54) is 67.7 Å². The number of sulfonamides is 1. The van der Waals surface area contributed by atoms with Crippen LogP contribution in [0.1, 0.15) is 26.3 Å². The standard InChI is InChI=1S/C22H18F3N3O4S/c1-26-33(31,32)19-10-3-6-15(12-19)21(30)27-17-8-2-5-14(11-17)20(29)28-18-9-4-7-16(13-18)22(23,24)25/h2-13,26H,1H3,(H,27,30)(H,28,29). The zero-order valence-electron chi connectivity index (χ0n) is 17.1. The summed E-state index contributed by atoms with van der Waals surface area (Å²) in [5, 5.41) is 4.95. The summed E-state index contributed by atoms with van der Waals surface area (Å²) in [6.45, 7) is 0. The van der Waals surface area contributed by atoms with E-state index in [-0.39, 0.29) is 27.4 Å². The van der Waals surface area contributed by atoms with Gasteiger partial charge in [-0.25, -0.2) is 13.1 Å². The lowest BCUT2D eigenvalue weighted by Gasteiger charge is -2.11. The zero-order chi connectivity index (χ0) is 24.2. The molecular formula is C22H18F3N3O4S. The maximum atomic E-state index is 12.9. The fourth-order valence-corrected chi connectivity index (χ4v) is 3.62. The van der Waals surface area contributed by atoms with Gasteiger partial charge in [0, 0.05) is 22.5 Å². The van der Waals surface area contributed by atoms with Crippen molar-refractivity contribution >= 4 is 33.2 Å². The lowest BCUT2D eigenvalue weighted by molar-refractivity contribution is -0.137. The van der Waals surface area contributed by atoms with Crippen LogP contribution in [0.25, 0.3) is 0 Å². The maximum absolute atomic E-state index is 12.9. The third-order valence-electron chi connectivity index (χ3n) is 4.51. The van der Waals surface area contributed by atoms with E-state index in [1.54, 1.807) is 0 Å². The van der Waals surface area contributed by atoms with Crippen molar-refractivity contribution in [3.8, 4) is 0 Å². The Bertz CT molecular complexity index is 1310. The van der Waals surface area contributed by atoms with E-state index in [0.29, 0.717) is 0 Å². The average Bonchev–Trinajstić information content (AvgIpc) is 2.79. The van der Waals surface area contributed by atoms with Crippen molar-refractivity contribution in [3.05, 3.63) is 89.5 Å². The molecule has 33 heavy (non-hydrogen) atoms. The van der Waals surface area contributed by atoms with Crippen LogP contribution in [0.4, 0.5) is 24.5 Å².